The molecule has 4 aromatic carbocycles. The zero-order chi connectivity index (χ0) is 28.3. The lowest BCUT2D eigenvalue weighted by molar-refractivity contribution is 0.0725. The van der Waals surface area contributed by atoms with Crippen LogP contribution in [0.5, 0.6) is 5.75 Å². The second-order valence-corrected chi connectivity index (χ2v) is 11.0. The monoisotopic (exact) mass is 561 g/mol. The second-order valence-electron chi connectivity index (χ2n) is 10.6. The van der Waals surface area contributed by atoms with E-state index in [1.807, 2.05) is 72.6 Å². The Labute approximate surface area is 246 Å². The number of aromatic nitrogens is 2. The molecule has 0 atom stereocenters. The summed E-state index contributed by atoms with van der Waals surface area (Å²) < 4.78 is 7.70. The molecule has 0 bridgehead atoms. The van der Waals surface area contributed by atoms with E-state index in [4.69, 9.17) is 21.3 Å². The van der Waals surface area contributed by atoms with Crippen molar-refractivity contribution in [2.45, 2.75) is 38.9 Å². The van der Waals surface area contributed by atoms with E-state index >= 15 is 0 Å². The van der Waals surface area contributed by atoms with Gasteiger partial charge in [-0.1, -0.05) is 90.0 Å². The van der Waals surface area contributed by atoms with Gasteiger partial charge in [-0.25, -0.2) is 4.98 Å². The SMILES string of the molecule is COc1ccc(CN(Cc2cnc(-c3ccccc3)n2C2Cc3ccccc3C2)C(=O)c2cc(C)ccc2Cl)cc1. The Balaban J connectivity index is 1.40. The maximum Gasteiger partial charge on any atom is 0.256 e. The number of benzene rings is 4. The van der Waals surface area contributed by atoms with Gasteiger partial charge in [-0.3, -0.25) is 4.79 Å². The Hall–Kier alpha value is -4.35. The minimum Gasteiger partial charge on any atom is -0.497 e. The molecule has 0 spiro atoms. The summed E-state index contributed by atoms with van der Waals surface area (Å²) in [5, 5.41) is 0.449. The summed E-state index contributed by atoms with van der Waals surface area (Å²) in [5.74, 6) is 1.59. The van der Waals surface area contributed by atoms with Crippen LogP contribution in [-0.2, 0) is 25.9 Å². The highest BCUT2D eigenvalue weighted by molar-refractivity contribution is 6.33. The lowest BCUT2D eigenvalue weighted by Crippen LogP contribution is -2.32. The van der Waals surface area contributed by atoms with Gasteiger partial charge in [0.1, 0.15) is 11.6 Å². The molecular weight excluding hydrogens is 530 g/mol. The summed E-state index contributed by atoms with van der Waals surface area (Å²) in [4.78, 5) is 20.9. The molecule has 0 radical (unpaired) electrons. The Bertz CT molecular complexity index is 1650. The summed E-state index contributed by atoms with van der Waals surface area (Å²) in [5.41, 5.74) is 7.29. The number of carbonyl (C=O) groups excluding carboxylic acids is 1. The van der Waals surface area contributed by atoms with E-state index < -0.39 is 0 Å². The van der Waals surface area contributed by atoms with Crippen LogP contribution >= 0.6 is 11.6 Å². The van der Waals surface area contributed by atoms with E-state index in [0.717, 1.165) is 46.8 Å². The first-order chi connectivity index (χ1) is 20.0. The first-order valence-corrected chi connectivity index (χ1v) is 14.2. The van der Waals surface area contributed by atoms with Crippen LogP contribution in [0.25, 0.3) is 11.4 Å². The Morgan fingerprint density at radius 1 is 0.927 bits per heavy atom. The maximum atomic E-state index is 14.1. The van der Waals surface area contributed by atoms with Gasteiger partial charge in [0, 0.05) is 18.2 Å². The lowest BCUT2D eigenvalue weighted by atomic mass is 10.1. The third kappa shape index (κ3) is 5.63. The number of amides is 1. The predicted octanol–water partition coefficient (Wildman–Crippen LogP) is 7.70. The highest BCUT2D eigenvalue weighted by Crippen LogP contribution is 2.35. The number of fused-ring (bicyclic) bond motifs is 1. The summed E-state index contributed by atoms with van der Waals surface area (Å²) in [7, 11) is 1.65. The van der Waals surface area contributed by atoms with Crippen molar-refractivity contribution in [3.63, 3.8) is 0 Å². The van der Waals surface area contributed by atoms with Crippen LogP contribution in [0.3, 0.4) is 0 Å². The van der Waals surface area contributed by atoms with E-state index in [9.17, 15) is 4.79 Å². The van der Waals surface area contributed by atoms with Crippen LogP contribution in [0.2, 0.25) is 5.02 Å². The molecule has 0 aliphatic heterocycles. The minimum atomic E-state index is -0.113. The first kappa shape index (κ1) is 26.9. The normalized spacial score (nSPS) is 12.8. The molecule has 0 saturated carbocycles. The highest BCUT2D eigenvalue weighted by Gasteiger charge is 2.29. The standard InChI is InChI=1S/C35H32ClN3O2/c1-24-12-17-33(36)32(18-24)35(40)38(22-25-13-15-31(41-2)16-14-25)23-30-21-37-34(26-8-4-3-5-9-26)39(30)29-19-27-10-6-7-11-28(27)20-29/h3-18,21,29H,19-20,22-23H2,1-2H3. The van der Waals surface area contributed by atoms with E-state index in [2.05, 4.69) is 41.0 Å². The molecule has 1 aromatic heterocycles. The van der Waals surface area contributed by atoms with Gasteiger partial charge in [0.05, 0.1) is 36.1 Å². The lowest BCUT2D eigenvalue weighted by Gasteiger charge is -2.26. The van der Waals surface area contributed by atoms with Crippen molar-refractivity contribution >= 4 is 17.5 Å². The molecular formula is C35H32ClN3O2. The molecule has 1 amide bonds. The number of hydrogen-bond acceptors (Lipinski definition) is 3. The van der Waals surface area contributed by atoms with E-state index in [-0.39, 0.29) is 11.9 Å². The molecule has 1 heterocycles. The van der Waals surface area contributed by atoms with Crippen molar-refractivity contribution in [3.05, 3.63) is 142 Å². The molecule has 0 fully saturated rings. The van der Waals surface area contributed by atoms with Crippen LogP contribution in [-0.4, -0.2) is 27.5 Å². The van der Waals surface area contributed by atoms with Gasteiger partial charge in [0.2, 0.25) is 0 Å². The van der Waals surface area contributed by atoms with Gasteiger partial charge in [-0.15, -0.1) is 0 Å². The van der Waals surface area contributed by atoms with Gasteiger partial charge in [-0.05, 0) is 60.7 Å². The molecule has 1 aliphatic carbocycles. The van der Waals surface area contributed by atoms with E-state index in [1.165, 1.54) is 11.1 Å². The van der Waals surface area contributed by atoms with Gasteiger partial charge >= 0.3 is 0 Å². The molecule has 5 nitrogen and oxygen atoms in total. The third-order valence-electron chi connectivity index (χ3n) is 7.82. The highest BCUT2D eigenvalue weighted by atomic mass is 35.5. The molecule has 0 unspecified atom stereocenters. The second kappa shape index (κ2) is 11.6. The fourth-order valence-electron chi connectivity index (χ4n) is 5.76. The number of nitrogens with zero attached hydrogens (tertiary/aromatic N) is 3. The van der Waals surface area contributed by atoms with Crippen molar-refractivity contribution < 1.29 is 9.53 Å². The topological polar surface area (TPSA) is 47.4 Å². The molecule has 41 heavy (non-hydrogen) atoms. The van der Waals surface area contributed by atoms with Crippen LogP contribution < -0.4 is 4.74 Å². The largest absolute Gasteiger partial charge is 0.497 e. The number of halogens is 1. The number of ether oxygens (including phenoxy) is 1. The summed E-state index contributed by atoms with van der Waals surface area (Å²) in [6, 6.07) is 32.6. The Kier molecular flexibility index (Phi) is 7.62. The van der Waals surface area contributed by atoms with Gasteiger partial charge in [0.25, 0.3) is 5.91 Å². The smallest absolute Gasteiger partial charge is 0.256 e. The summed E-state index contributed by atoms with van der Waals surface area (Å²) in [6.45, 7) is 2.78. The van der Waals surface area contributed by atoms with Crippen LogP contribution in [0.15, 0.2) is 103 Å². The quantitative estimate of drug-likeness (QED) is 0.195. The fourth-order valence-corrected chi connectivity index (χ4v) is 5.96. The van der Waals surface area contributed by atoms with Gasteiger partial charge in [-0.2, -0.15) is 0 Å². The van der Waals surface area contributed by atoms with E-state index in [1.54, 1.807) is 13.2 Å². The van der Waals surface area contributed by atoms with Crippen molar-refractivity contribution in [3.8, 4) is 17.1 Å². The molecule has 206 valence electrons. The zero-order valence-corrected chi connectivity index (χ0v) is 24.0. The Morgan fingerprint density at radius 2 is 1.61 bits per heavy atom. The van der Waals surface area contributed by atoms with E-state index in [0.29, 0.717) is 23.7 Å². The van der Waals surface area contributed by atoms with Crippen LogP contribution in [0, 0.1) is 6.92 Å². The van der Waals surface area contributed by atoms with Crippen molar-refractivity contribution in [1.82, 2.24) is 14.5 Å². The third-order valence-corrected chi connectivity index (χ3v) is 8.15. The van der Waals surface area contributed by atoms with Crippen molar-refractivity contribution in [1.29, 1.82) is 0 Å². The molecule has 0 saturated heterocycles. The summed E-state index contributed by atoms with van der Waals surface area (Å²) in [6.07, 6.45) is 3.78. The van der Waals surface area contributed by atoms with Crippen molar-refractivity contribution in [2.24, 2.45) is 0 Å². The average molecular weight is 562 g/mol. The number of carbonyl (C=O) groups is 1. The number of aryl methyl sites for hydroxylation is 1. The average Bonchev–Trinajstić information content (AvgIpc) is 3.62. The Morgan fingerprint density at radius 3 is 2.29 bits per heavy atom. The number of hydrogen-bond donors (Lipinski definition) is 0. The molecule has 1 aliphatic rings. The zero-order valence-electron chi connectivity index (χ0n) is 23.3. The fraction of sp³-hybridized carbons (Fsp3) is 0.200. The molecule has 0 N–H and O–H groups in total. The minimum absolute atomic E-state index is 0.113. The van der Waals surface area contributed by atoms with Gasteiger partial charge < -0.3 is 14.2 Å². The number of rotatable bonds is 8. The van der Waals surface area contributed by atoms with Crippen LogP contribution in [0.4, 0.5) is 0 Å². The van der Waals surface area contributed by atoms with Crippen molar-refractivity contribution in [2.75, 3.05) is 7.11 Å². The predicted molar refractivity (Wildman–Crippen MR) is 163 cm³/mol. The summed E-state index contributed by atoms with van der Waals surface area (Å²) >= 11 is 6.57. The maximum absolute atomic E-state index is 14.1. The number of imidazole rings is 1. The number of methoxy groups -OCH3 is 1. The molecule has 6 rings (SSSR count). The van der Waals surface area contributed by atoms with Gasteiger partial charge in [0.15, 0.2) is 0 Å². The van der Waals surface area contributed by atoms with Crippen LogP contribution in [0.1, 0.15) is 44.3 Å². The first-order valence-electron chi connectivity index (χ1n) is 13.9. The molecule has 6 heteroatoms. The molecule has 5 aromatic rings.